The van der Waals surface area contributed by atoms with E-state index in [0.717, 1.165) is 34.9 Å². The first kappa shape index (κ1) is 22.6. The molecule has 0 N–H and O–H groups in total. The van der Waals surface area contributed by atoms with E-state index in [-0.39, 0.29) is 21.2 Å². The van der Waals surface area contributed by atoms with Gasteiger partial charge in [-0.25, -0.2) is 9.59 Å². The van der Waals surface area contributed by atoms with Gasteiger partial charge in [0.25, 0.3) is 10.0 Å². The Labute approximate surface area is 187 Å². The van der Waals surface area contributed by atoms with Crippen LogP contribution in [-0.2, 0) is 14.8 Å². The van der Waals surface area contributed by atoms with Crippen LogP contribution in [0.4, 0.5) is 10.5 Å². The van der Waals surface area contributed by atoms with Crippen molar-refractivity contribution in [1.82, 2.24) is 4.90 Å². The lowest BCUT2D eigenvalue weighted by Crippen LogP contribution is -2.48. The predicted octanol–water partition coefficient (Wildman–Crippen LogP) is 4.11. The Morgan fingerprint density at radius 1 is 1.17 bits per heavy atom. The summed E-state index contributed by atoms with van der Waals surface area (Å²) in [7, 11) is -1.91. The number of hydrogen-bond donors (Lipinski definition) is 0. The zero-order chi connectivity index (χ0) is 21.9. The van der Waals surface area contributed by atoms with Gasteiger partial charge in [-0.3, -0.25) is 0 Å². The van der Waals surface area contributed by atoms with Crippen molar-refractivity contribution in [3.63, 3.8) is 0 Å². The maximum Gasteiger partial charge on any atom is 0.342 e. The second-order valence-corrected chi connectivity index (χ2v) is 10.3. The van der Waals surface area contributed by atoms with Crippen LogP contribution in [0.5, 0.6) is 5.75 Å². The number of ether oxygens (including phenoxy) is 2. The fourth-order valence-corrected chi connectivity index (χ4v) is 6.48. The number of methoxy groups -OCH3 is 2. The van der Waals surface area contributed by atoms with E-state index in [1.54, 1.807) is 24.3 Å². The lowest BCUT2D eigenvalue weighted by Gasteiger charge is -2.32. The number of urea groups is 1. The standard InChI is InChI=1S/C19H21BrN2O6S2/c1-27-16-15(17(23)28-2)12-29-18(16)30(25,26)22(14-8-6-7-13(20)11-14)19(24)21-9-4-3-5-10-21/h6-8,11-12H,3-5,9-10H2,1-2H3. The molecule has 3 rings (SSSR count). The highest BCUT2D eigenvalue weighted by Crippen LogP contribution is 2.39. The number of carbonyl (C=O) groups is 2. The molecule has 0 spiro atoms. The fourth-order valence-electron chi connectivity index (χ4n) is 3.20. The fraction of sp³-hybridized carbons (Fsp3) is 0.368. The monoisotopic (exact) mass is 516 g/mol. The summed E-state index contributed by atoms with van der Waals surface area (Å²) >= 11 is 4.13. The molecule has 0 unspecified atom stereocenters. The van der Waals surface area contributed by atoms with Gasteiger partial charge in [0.1, 0.15) is 5.56 Å². The van der Waals surface area contributed by atoms with Gasteiger partial charge >= 0.3 is 12.0 Å². The Kier molecular flexibility index (Phi) is 7.04. The second kappa shape index (κ2) is 9.36. The maximum atomic E-state index is 13.7. The Bertz CT molecular complexity index is 1050. The van der Waals surface area contributed by atoms with Gasteiger partial charge in [-0.2, -0.15) is 12.7 Å². The van der Waals surface area contributed by atoms with Gasteiger partial charge in [-0.15, -0.1) is 11.3 Å². The highest BCUT2D eigenvalue weighted by atomic mass is 79.9. The Morgan fingerprint density at radius 2 is 1.87 bits per heavy atom. The smallest absolute Gasteiger partial charge is 0.342 e. The van der Waals surface area contributed by atoms with Gasteiger partial charge in [-0.1, -0.05) is 22.0 Å². The molecule has 1 fully saturated rings. The van der Waals surface area contributed by atoms with Crippen LogP contribution in [0.15, 0.2) is 38.3 Å². The Morgan fingerprint density at radius 3 is 2.47 bits per heavy atom. The van der Waals surface area contributed by atoms with E-state index in [1.807, 2.05) is 0 Å². The molecule has 0 aliphatic carbocycles. The summed E-state index contributed by atoms with van der Waals surface area (Å²) < 4.78 is 38.4. The molecule has 0 atom stereocenters. The van der Waals surface area contributed by atoms with Crippen molar-refractivity contribution in [2.24, 2.45) is 0 Å². The molecule has 30 heavy (non-hydrogen) atoms. The molecule has 0 saturated carbocycles. The molecule has 0 bridgehead atoms. The van der Waals surface area contributed by atoms with Crippen LogP contribution in [0.2, 0.25) is 0 Å². The number of thiophene rings is 1. The number of sulfonamides is 1. The third-order valence-corrected chi connectivity index (χ3v) is 8.31. The van der Waals surface area contributed by atoms with Crippen LogP contribution < -0.4 is 9.04 Å². The number of likely N-dealkylation sites (tertiary alicyclic amines) is 1. The van der Waals surface area contributed by atoms with Gasteiger partial charge < -0.3 is 14.4 Å². The average molecular weight is 517 g/mol. The van der Waals surface area contributed by atoms with E-state index in [4.69, 9.17) is 9.47 Å². The highest BCUT2D eigenvalue weighted by molar-refractivity contribution is 9.10. The van der Waals surface area contributed by atoms with Crippen LogP contribution in [0, 0.1) is 0 Å². The number of amides is 2. The molecule has 8 nitrogen and oxygen atoms in total. The molecule has 0 radical (unpaired) electrons. The first-order valence-electron chi connectivity index (χ1n) is 9.15. The highest BCUT2D eigenvalue weighted by Gasteiger charge is 2.39. The quantitative estimate of drug-likeness (QED) is 0.555. The summed E-state index contributed by atoms with van der Waals surface area (Å²) in [5, 5.41) is 1.35. The normalized spacial score (nSPS) is 14.3. The van der Waals surface area contributed by atoms with Gasteiger partial charge in [0.15, 0.2) is 9.96 Å². The van der Waals surface area contributed by atoms with Crippen molar-refractivity contribution in [3.8, 4) is 5.75 Å². The molecule has 1 aliphatic heterocycles. The van der Waals surface area contributed by atoms with E-state index in [2.05, 4.69) is 15.9 Å². The minimum atomic E-state index is -4.38. The van der Waals surface area contributed by atoms with Crippen molar-refractivity contribution in [2.75, 3.05) is 31.6 Å². The number of hydrogen-bond acceptors (Lipinski definition) is 7. The summed E-state index contributed by atoms with van der Waals surface area (Å²) in [4.78, 5) is 26.9. The number of nitrogens with zero attached hydrogens (tertiary/aromatic N) is 2. The summed E-state index contributed by atoms with van der Waals surface area (Å²) in [6.07, 6.45) is 2.62. The number of anilines is 1. The first-order valence-corrected chi connectivity index (χ1v) is 12.3. The van der Waals surface area contributed by atoms with Crippen LogP contribution >= 0.6 is 27.3 Å². The lowest BCUT2D eigenvalue weighted by atomic mass is 10.1. The Balaban J connectivity index is 2.14. The van der Waals surface area contributed by atoms with E-state index >= 15 is 0 Å². The molecule has 1 aliphatic rings. The molecule has 1 aromatic heterocycles. The van der Waals surface area contributed by atoms with Crippen molar-refractivity contribution in [3.05, 3.63) is 39.7 Å². The zero-order valence-corrected chi connectivity index (χ0v) is 19.7. The van der Waals surface area contributed by atoms with Crippen molar-refractivity contribution < 1.29 is 27.5 Å². The topological polar surface area (TPSA) is 93.2 Å². The molecule has 2 amide bonds. The van der Waals surface area contributed by atoms with Gasteiger partial charge in [0, 0.05) is 22.9 Å². The second-order valence-electron chi connectivity index (χ2n) is 6.54. The molecule has 1 aromatic carbocycles. The molecule has 11 heteroatoms. The predicted molar refractivity (Wildman–Crippen MR) is 117 cm³/mol. The van der Waals surface area contributed by atoms with Crippen molar-refractivity contribution in [1.29, 1.82) is 0 Å². The van der Waals surface area contributed by atoms with Crippen LogP contribution in [0.1, 0.15) is 29.6 Å². The molecule has 2 heterocycles. The van der Waals surface area contributed by atoms with Gasteiger partial charge in [0.05, 0.1) is 19.9 Å². The largest absolute Gasteiger partial charge is 0.493 e. The maximum absolute atomic E-state index is 13.7. The number of piperidine rings is 1. The van der Waals surface area contributed by atoms with E-state index in [1.165, 1.54) is 24.5 Å². The number of esters is 1. The third kappa shape index (κ3) is 4.33. The van der Waals surface area contributed by atoms with Crippen LogP contribution in [-0.4, -0.2) is 52.6 Å². The van der Waals surface area contributed by atoms with Gasteiger partial charge in [-0.05, 0) is 37.5 Å². The molecular weight excluding hydrogens is 496 g/mol. The SMILES string of the molecule is COC(=O)c1csc(S(=O)(=O)N(C(=O)N2CCCCC2)c2cccc(Br)c2)c1OC. The summed E-state index contributed by atoms with van der Waals surface area (Å²) in [5.74, 6) is -0.862. The van der Waals surface area contributed by atoms with E-state index < -0.39 is 22.0 Å². The van der Waals surface area contributed by atoms with Gasteiger partial charge in [0.2, 0.25) is 0 Å². The number of rotatable bonds is 5. The summed E-state index contributed by atoms with van der Waals surface area (Å²) in [6.45, 7) is 0.960. The van der Waals surface area contributed by atoms with E-state index in [0.29, 0.717) is 17.6 Å². The zero-order valence-electron chi connectivity index (χ0n) is 16.5. The minimum Gasteiger partial charge on any atom is -0.493 e. The molecule has 1 saturated heterocycles. The molecule has 2 aromatic rings. The molecule has 162 valence electrons. The minimum absolute atomic E-state index is 0.0109. The number of carbonyl (C=O) groups excluding carboxylic acids is 2. The van der Waals surface area contributed by atoms with Crippen LogP contribution in [0.3, 0.4) is 0 Å². The van der Waals surface area contributed by atoms with E-state index in [9.17, 15) is 18.0 Å². The summed E-state index contributed by atoms with van der Waals surface area (Å²) in [5.41, 5.74) is 0.179. The van der Waals surface area contributed by atoms with Crippen LogP contribution in [0.25, 0.3) is 0 Å². The van der Waals surface area contributed by atoms with Crippen molar-refractivity contribution >= 4 is 55.0 Å². The lowest BCUT2D eigenvalue weighted by molar-refractivity contribution is 0.0597. The average Bonchev–Trinajstić information content (AvgIpc) is 3.19. The van der Waals surface area contributed by atoms with Crippen molar-refractivity contribution in [2.45, 2.75) is 23.5 Å². The first-order chi connectivity index (χ1) is 14.3. The number of halogens is 1. The molecular formula is C19H21BrN2O6S2. The number of benzene rings is 1. The third-order valence-electron chi connectivity index (χ3n) is 4.64. The Hall–Kier alpha value is -2.11. The summed E-state index contributed by atoms with van der Waals surface area (Å²) in [6, 6.07) is 5.85.